The average Bonchev–Trinajstić information content (AvgIpc) is 3.11. The lowest BCUT2D eigenvalue weighted by Crippen LogP contribution is -2.51. The first-order chi connectivity index (χ1) is 11.0. The lowest BCUT2D eigenvalue weighted by atomic mass is 10.2. The van der Waals surface area contributed by atoms with Crippen molar-refractivity contribution in [3.05, 3.63) is 18.0 Å². The maximum absolute atomic E-state index is 13.0. The molecule has 124 valence electrons. The van der Waals surface area contributed by atoms with Crippen LogP contribution in [-0.4, -0.2) is 64.6 Å². The molecule has 2 aliphatic heterocycles. The van der Waals surface area contributed by atoms with Crippen LogP contribution < -0.4 is 0 Å². The van der Waals surface area contributed by atoms with E-state index in [1.54, 1.807) is 15.1 Å². The highest BCUT2D eigenvalue weighted by atomic mass is 32.2. The zero-order chi connectivity index (χ0) is 16.2. The van der Waals surface area contributed by atoms with E-state index in [9.17, 15) is 8.42 Å². The second kappa shape index (κ2) is 5.25. The number of fused-ring (bicyclic) bond motifs is 2. The van der Waals surface area contributed by atoms with E-state index in [-0.39, 0.29) is 4.90 Å². The largest absolute Gasteiger partial charge is 0.298 e. The Hall–Kier alpha value is -1.51. The number of aromatic nitrogens is 3. The van der Waals surface area contributed by atoms with Gasteiger partial charge < -0.3 is 0 Å². The normalized spacial score (nSPS) is 23.5. The maximum atomic E-state index is 13.0. The van der Waals surface area contributed by atoms with Crippen molar-refractivity contribution in [2.24, 2.45) is 7.05 Å². The molecule has 0 aromatic carbocycles. The van der Waals surface area contributed by atoms with Crippen LogP contribution in [0.2, 0.25) is 0 Å². The van der Waals surface area contributed by atoms with Crippen molar-refractivity contribution in [1.82, 2.24) is 24.0 Å². The number of rotatable bonds is 2. The van der Waals surface area contributed by atoms with E-state index >= 15 is 0 Å². The Bertz CT molecular complexity index is 860. The molecule has 2 aromatic heterocycles. The summed E-state index contributed by atoms with van der Waals surface area (Å²) in [6, 6.07) is 2.08. The lowest BCUT2D eigenvalue weighted by Gasteiger charge is -2.36. The summed E-state index contributed by atoms with van der Waals surface area (Å²) >= 11 is 0. The molecule has 0 N–H and O–H groups in total. The van der Waals surface area contributed by atoms with Crippen LogP contribution >= 0.6 is 0 Å². The Morgan fingerprint density at radius 1 is 1.26 bits per heavy atom. The fourth-order valence-corrected chi connectivity index (χ4v) is 5.20. The molecular formula is C15H21N5O2S. The van der Waals surface area contributed by atoms with E-state index in [2.05, 4.69) is 15.0 Å². The number of nitrogens with zero attached hydrogens (tertiary/aromatic N) is 5. The Balaban J connectivity index is 1.69. The summed E-state index contributed by atoms with van der Waals surface area (Å²) in [7, 11) is -1.68. The monoisotopic (exact) mass is 335 g/mol. The van der Waals surface area contributed by atoms with Gasteiger partial charge >= 0.3 is 0 Å². The second-order valence-electron chi connectivity index (χ2n) is 6.45. The van der Waals surface area contributed by atoms with Crippen LogP contribution in [0.3, 0.4) is 0 Å². The summed E-state index contributed by atoms with van der Waals surface area (Å²) in [6.07, 6.45) is 3.71. The van der Waals surface area contributed by atoms with Crippen LogP contribution in [0.15, 0.2) is 17.2 Å². The number of piperazine rings is 1. The molecule has 7 nitrogen and oxygen atoms in total. The number of aryl methyl sites for hydroxylation is 2. The predicted molar refractivity (Wildman–Crippen MR) is 86.6 cm³/mol. The third-order valence-electron chi connectivity index (χ3n) is 5.03. The molecule has 4 rings (SSSR count). The van der Waals surface area contributed by atoms with Crippen LogP contribution in [-0.2, 0) is 17.1 Å². The van der Waals surface area contributed by atoms with Crippen LogP contribution in [0.4, 0.5) is 0 Å². The Morgan fingerprint density at radius 2 is 2.09 bits per heavy atom. The average molecular weight is 335 g/mol. The molecule has 23 heavy (non-hydrogen) atoms. The van der Waals surface area contributed by atoms with Crippen molar-refractivity contribution in [2.45, 2.75) is 30.7 Å². The lowest BCUT2D eigenvalue weighted by molar-refractivity contribution is 0.158. The van der Waals surface area contributed by atoms with Crippen molar-refractivity contribution in [2.75, 3.05) is 26.2 Å². The Morgan fingerprint density at radius 3 is 2.91 bits per heavy atom. The molecule has 0 aliphatic carbocycles. The van der Waals surface area contributed by atoms with Gasteiger partial charge in [-0.3, -0.25) is 9.58 Å². The maximum Gasteiger partial charge on any atom is 0.244 e. The number of sulfonamides is 1. The van der Waals surface area contributed by atoms with Gasteiger partial charge in [0.2, 0.25) is 10.0 Å². The first-order valence-electron chi connectivity index (χ1n) is 8.00. The number of hydrogen-bond acceptors (Lipinski definition) is 5. The van der Waals surface area contributed by atoms with Gasteiger partial charge in [-0.1, -0.05) is 0 Å². The van der Waals surface area contributed by atoms with Gasteiger partial charge in [-0.15, -0.1) is 0 Å². The quantitative estimate of drug-likeness (QED) is 0.810. The highest BCUT2D eigenvalue weighted by Crippen LogP contribution is 2.27. The molecule has 2 saturated heterocycles. The molecule has 4 heterocycles. The van der Waals surface area contributed by atoms with Crippen molar-refractivity contribution in [3.63, 3.8) is 0 Å². The third kappa shape index (κ3) is 2.36. The van der Waals surface area contributed by atoms with Crippen LogP contribution in [0.5, 0.6) is 0 Å². The Kier molecular flexibility index (Phi) is 3.44. The zero-order valence-corrected chi connectivity index (χ0v) is 14.3. The number of pyridine rings is 1. The van der Waals surface area contributed by atoms with Crippen molar-refractivity contribution in [3.8, 4) is 0 Å². The SMILES string of the molecule is Cc1nn(C)c2ncc(S(=O)(=O)N3CCN4CCC[C@@H]4C3)cc12. The molecule has 0 radical (unpaired) electrons. The van der Waals surface area contributed by atoms with E-state index in [0.29, 0.717) is 24.8 Å². The molecule has 2 aromatic rings. The van der Waals surface area contributed by atoms with Gasteiger partial charge in [0.1, 0.15) is 4.90 Å². The van der Waals surface area contributed by atoms with Crippen molar-refractivity contribution < 1.29 is 8.42 Å². The van der Waals surface area contributed by atoms with E-state index < -0.39 is 10.0 Å². The highest BCUT2D eigenvalue weighted by molar-refractivity contribution is 7.89. The van der Waals surface area contributed by atoms with Gasteiger partial charge in [0, 0.05) is 44.3 Å². The molecule has 0 spiro atoms. The van der Waals surface area contributed by atoms with Gasteiger partial charge in [-0.2, -0.15) is 9.40 Å². The molecule has 2 fully saturated rings. The third-order valence-corrected chi connectivity index (χ3v) is 6.86. The van der Waals surface area contributed by atoms with Crippen LogP contribution in [0.1, 0.15) is 18.5 Å². The summed E-state index contributed by atoms with van der Waals surface area (Å²) < 4.78 is 29.3. The predicted octanol–water partition coefficient (Wildman–Crippen LogP) is 0.745. The smallest absolute Gasteiger partial charge is 0.244 e. The fourth-order valence-electron chi connectivity index (χ4n) is 3.76. The topological polar surface area (TPSA) is 71.3 Å². The minimum Gasteiger partial charge on any atom is -0.298 e. The first-order valence-corrected chi connectivity index (χ1v) is 9.44. The molecule has 0 bridgehead atoms. The van der Waals surface area contributed by atoms with Gasteiger partial charge in [-0.05, 0) is 32.4 Å². The molecule has 0 saturated carbocycles. The molecule has 8 heteroatoms. The van der Waals surface area contributed by atoms with Crippen LogP contribution in [0.25, 0.3) is 11.0 Å². The fraction of sp³-hybridized carbons (Fsp3) is 0.600. The van der Waals surface area contributed by atoms with E-state index in [4.69, 9.17) is 0 Å². The first kappa shape index (κ1) is 15.0. The minimum atomic E-state index is -3.49. The standard InChI is InChI=1S/C15H21N5O2S/c1-11-14-8-13(9-16-15(14)18(2)17-11)23(21,22)20-7-6-19-5-3-4-12(19)10-20/h8-9,12H,3-7,10H2,1-2H3/t12-/m1/s1. The van der Waals surface area contributed by atoms with Gasteiger partial charge in [-0.25, -0.2) is 13.4 Å². The molecule has 0 amide bonds. The van der Waals surface area contributed by atoms with E-state index in [0.717, 1.165) is 30.6 Å². The summed E-state index contributed by atoms with van der Waals surface area (Å²) in [4.78, 5) is 6.99. The molecule has 1 atom stereocenters. The van der Waals surface area contributed by atoms with Crippen molar-refractivity contribution in [1.29, 1.82) is 0 Å². The highest BCUT2D eigenvalue weighted by Gasteiger charge is 2.36. The second-order valence-corrected chi connectivity index (χ2v) is 8.38. The summed E-state index contributed by atoms with van der Waals surface area (Å²) in [6.45, 7) is 4.94. The van der Waals surface area contributed by atoms with Gasteiger partial charge in [0.15, 0.2) is 5.65 Å². The summed E-state index contributed by atoms with van der Waals surface area (Å²) in [5, 5.41) is 5.11. The van der Waals surface area contributed by atoms with Gasteiger partial charge in [0.05, 0.1) is 5.69 Å². The molecule has 2 aliphatic rings. The van der Waals surface area contributed by atoms with Gasteiger partial charge in [0.25, 0.3) is 0 Å². The van der Waals surface area contributed by atoms with Crippen LogP contribution in [0, 0.1) is 6.92 Å². The van der Waals surface area contributed by atoms with E-state index in [1.165, 1.54) is 12.6 Å². The zero-order valence-electron chi connectivity index (χ0n) is 13.4. The van der Waals surface area contributed by atoms with E-state index in [1.807, 2.05) is 14.0 Å². The molecule has 0 unspecified atom stereocenters. The molecular weight excluding hydrogens is 314 g/mol. The number of hydrogen-bond donors (Lipinski definition) is 0. The minimum absolute atomic E-state index is 0.271. The Labute approximate surface area is 135 Å². The summed E-state index contributed by atoms with van der Waals surface area (Å²) in [5.74, 6) is 0. The van der Waals surface area contributed by atoms with Crippen molar-refractivity contribution >= 4 is 21.1 Å². The summed E-state index contributed by atoms with van der Waals surface area (Å²) in [5.41, 5.74) is 1.51.